The Morgan fingerprint density at radius 2 is 1.67 bits per heavy atom. The van der Waals surface area contributed by atoms with Gasteiger partial charge < -0.3 is 0 Å². The first-order chi connectivity index (χ1) is 3.68. The van der Waals surface area contributed by atoms with E-state index in [1.807, 2.05) is 0 Å². The summed E-state index contributed by atoms with van der Waals surface area (Å²) in [6.07, 6.45) is 3.40. The first-order valence-electron chi connectivity index (χ1n) is 3.15. The molecule has 0 nitrogen and oxygen atoms in total. The molecule has 0 N–H and O–H groups in total. The van der Waals surface area contributed by atoms with E-state index in [4.69, 9.17) is 0 Å². The quantitative estimate of drug-likeness (QED) is 0.489. The van der Waals surface area contributed by atoms with Crippen LogP contribution < -0.4 is 0 Å². The fourth-order valence-corrected chi connectivity index (χ4v) is 0.510. The van der Waals surface area contributed by atoms with E-state index in [0.29, 0.717) is 0 Å². The van der Waals surface area contributed by atoms with E-state index in [9.17, 15) is 0 Å². The van der Waals surface area contributed by atoms with Gasteiger partial charge in [0.15, 0.2) is 0 Å². The van der Waals surface area contributed by atoms with Crippen LogP contribution in [0.15, 0.2) is 11.1 Å². The van der Waals surface area contributed by atoms with Crippen molar-refractivity contribution in [2.45, 2.75) is 34.1 Å². The molecule has 0 unspecified atom stereocenters. The molecule has 0 aliphatic heterocycles. The maximum absolute atomic E-state index is 2.25. The average Bonchev–Trinajstić information content (AvgIpc) is 1.67. The third kappa shape index (κ3) is 6.11. The van der Waals surface area contributed by atoms with Gasteiger partial charge in [-0.3, -0.25) is 0 Å². The molecule has 0 bridgehead atoms. The molecular weight excluding hydrogens is 199 g/mol. The summed E-state index contributed by atoms with van der Waals surface area (Å²) in [5.41, 5.74) is 2.85. The van der Waals surface area contributed by atoms with Crippen LogP contribution in [0.4, 0.5) is 0 Å². The zero-order valence-electron chi connectivity index (χ0n) is 6.62. The van der Waals surface area contributed by atoms with Crippen molar-refractivity contribution >= 4 is 0 Å². The molecule has 0 aliphatic rings. The zero-order chi connectivity index (χ0) is 6.57. The molecule has 0 aromatic carbocycles. The van der Waals surface area contributed by atoms with Crippen molar-refractivity contribution in [1.82, 2.24) is 0 Å². The minimum Gasteiger partial charge on any atom is -0.228 e. The fourth-order valence-electron chi connectivity index (χ4n) is 0.510. The van der Waals surface area contributed by atoms with Crippen molar-refractivity contribution in [3.63, 3.8) is 0 Å². The molecule has 0 aromatic heterocycles. The van der Waals surface area contributed by atoms with E-state index < -0.39 is 0 Å². The Labute approximate surface area is 71.5 Å². The molecule has 0 saturated heterocycles. The molecule has 9 heavy (non-hydrogen) atoms. The Hall–Kier alpha value is 0.233. The van der Waals surface area contributed by atoms with Gasteiger partial charge >= 0.3 is 19.5 Å². The summed E-state index contributed by atoms with van der Waals surface area (Å²) in [5, 5.41) is 0. The second kappa shape index (κ2) is 6.35. The fraction of sp³-hybridized carbons (Fsp3) is 0.625. The molecule has 1 radical (unpaired) electrons. The summed E-state index contributed by atoms with van der Waals surface area (Å²) >= 11 is 0. The van der Waals surface area contributed by atoms with Crippen molar-refractivity contribution in [3.05, 3.63) is 17.6 Å². The molecule has 0 spiro atoms. The van der Waals surface area contributed by atoms with E-state index in [0.717, 1.165) is 6.42 Å². The largest absolute Gasteiger partial charge is 2.00 e. The van der Waals surface area contributed by atoms with Crippen LogP contribution in [0.3, 0.4) is 0 Å². The molecule has 0 aromatic rings. The van der Waals surface area contributed by atoms with Crippen molar-refractivity contribution in [2.24, 2.45) is 0 Å². The normalized spacial score (nSPS) is 7.56. The van der Waals surface area contributed by atoms with E-state index in [1.54, 1.807) is 0 Å². The van der Waals surface area contributed by atoms with Crippen molar-refractivity contribution < 1.29 is 19.5 Å². The van der Waals surface area contributed by atoms with Crippen LogP contribution in [-0.2, 0) is 19.5 Å². The predicted molar refractivity (Wildman–Crippen MR) is 38.6 cm³/mol. The van der Waals surface area contributed by atoms with E-state index in [2.05, 4.69) is 34.1 Å². The first-order valence-corrected chi connectivity index (χ1v) is 3.15. The van der Waals surface area contributed by atoms with Gasteiger partial charge in [-0.05, 0) is 0 Å². The summed E-state index contributed by atoms with van der Waals surface area (Å²) in [5.74, 6) is 0. The Kier molecular flexibility index (Phi) is 8.45. The number of hydrogen-bond acceptors (Lipinski definition) is 0. The predicted octanol–water partition coefficient (Wildman–Crippen LogP) is 2.95. The van der Waals surface area contributed by atoms with Crippen LogP contribution in [0.1, 0.15) is 34.1 Å². The third-order valence-corrected chi connectivity index (χ3v) is 1.30. The van der Waals surface area contributed by atoms with Gasteiger partial charge in [0.2, 0.25) is 0 Å². The van der Waals surface area contributed by atoms with E-state index in [-0.39, 0.29) is 19.5 Å². The van der Waals surface area contributed by atoms with Crippen LogP contribution in [0.2, 0.25) is 0 Å². The van der Waals surface area contributed by atoms with E-state index >= 15 is 0 Å². The van der Waals surface area contributed by atoms with Crippen molar-refractivity contribution in [2.75, 3.05) is 0 Å². The summed E-state index contributed by atoms with van der Waals surface area (Å²) in [7, 11) is 0. The van der Waals surface area contributed by atoms with Gasteiger partial charge in [0.1, 0.15) is 0 Å². The maximum Gasteiger partial charge on any atom is 2.00 e. The van der Waals surface area contributed by atoms with Crippen LogP contribution in [0.5, 0.6) is 0 Å². The smallest absolute Gasteiger partial charge is 0.228 e. The van der Waals surface area contributed by atoms with Crippen LogP contribution in [0.25, 0.3) is 0 Å². The van der Waals surface area contributed by atoms with Crippen LogP contribution >= 0.6 is 0 Å². The average molecular weight is 214 g/mol. The first kappa shape index (κ1) is 12.0. The number of hydrogen-bond donors (Lipinski definition) is 0. The molecule has 0 rings (SSSR count). The van der Waals surface area contributed by atoms with Gasteiger partial charge in [-0.1, -0.05) is 13.8 Å². The van der Waals surface area contributed by atoms with Gasteiger partial charge in [-0.2, -0.15) is 0 Å². The topological polar surface area (TPSA) is 0 Å². The molecule has 0 fully saturated rings. The third-order valence-electron chi connectivity index (χ3n) is 1.30. The van der Waals surface area contributed by atoms with Gasteiger partial charge in [0.25, 0.3) is 0 Å². The molecular formula is C8H15Rh+. The van der Waals surface area contributed by atoms with Crippen molar-refractivity contribution in [3.8, 4) is 0 Å². The molecule has 55 valence electrons. The van der Waals surface area contributed by atoms with E-state index in [1.165, 1.54) is 11.1 Å². The summed E-state index contributed by atoms with van der Waals surface area (Å²) in [6, 6.07) is 0. The molecule has 0 aliphatic carbocycles. The van der Waals surface area contributed by atoms with Gasteiger partial charge in [-0.25, -0.2) is 17.6 Å². The summed E-state index contributed by atoms with van der Waals surface area (Å²) < 4.78 is 0. The number of allylic oxidation sites excluding steroid dienone is 2. The molecule has 0 heterocycles. The Morgan fingerprint density at radius 1 is 1.22 bits per heavy atom. The molecule has 0 saturated carbocycles. The van der Waals surface area contributed by atoms with Crippen LogP contribution in [0, 0.1) is 6.42 Å². The second-order valence-electron chi connectivity index (χ2n) is 2.30. The van der Waals surface area contributed by atoms with Crippen LogP contribution in [-0.4, -0.2) is 0 Å². The summed E-state index contributed by atoms with van der Waals surface area (Å²) in [4.78, 5) is 0. The van der Waals surface area contributed by atoms with Gasteiger partial charge in [0, 0.05) is 0 Å². The Morgan fingerprint density at radius 3 is 1.78 bits per heavy atom. The standard InChI is InChI=1S/C8H15.Rh/c1-5-6-8(4)7(2)3;/h6H,5H2,1-4H3;/q-1;+2. The summed E-state index contributed by atoms with van der Waals surface area (Å²) in [6.45, 7) is 8.59. The monoisotopic (exact) mass is 214 g/mol. The molecule has 0 amide bonds. The Balaban J connectivity index is 0. The minimum atomic E-state index is 0. The van der Waals surface area contributed by atoms with Gasteiger partial charge in [0.05, 0.1) is 0 Å². The second-order valence-corrected chi connectivity index (χ2v) is 2.30. The molecule has 1 heteroatoms. The minimum absolute atomic E-state index is 0. The molecule has 0 atom stereocenters. The maximum atomic E-state index is 2.25. The van der Waals surface area contributed by atoms with Crippen molar-refractivity contribution in [1.29, 1.82) is 0 Å². The Bertz CT molecular complexity index is 88.7. The van der Waals surface area contributed by atoms with Gasteiger partial charge in [-0.15, -0.1) is 20.3 Å². The SMILES string of the molecule is CC[CH-]C(C)=C(C)C.[Rh+2]. The zero-order valence-corrected chi connectivity index (χ0v) is 8.26. The number of rotatable bonds is 2.